The number of benzene rings is 2. The lowest BCUT2D eigenvalue weighted by molar-refractivity contribution is -0.117. The number of carbonyl (C=O) groups is 2. The van der Waals surface area contributed by atoms with Gasteiger partial charge in [0, 0.05) is 25.3 Å². The molecule has 0 aliphatic rings. The summed E-state index contributed by atoms with van der Waals surface area (Å²) < 4.78 is 10.0. The monoisotopic (exact) mass is 367 g/mol. The van der Waals surface area contributed by atoms with Crippen LogP contribution in [-0.2, 0) is 9.53 Å². The molecule has 0 aliphatic heterocycles. The van der Waals surface area contributed by atoms with E-state index in [1.165, 1.54) is 4.90 Å². The molecule has 0 saturated carbocycles. The van der Waals surface area contributed by atoms with Gasteiger partial charge in [0.25, 0.3) is 5.91 Å². The molecule has 1 aromatic heterocycles. The Bertz CT molecular complexity index is 946. The quantitative estimate of drug-likeness (QED) is 0.694. The molecule has 1 heterocycles. The van der Waals surface area contributed by atoms with Gasteiger partial charge in [0.15, 0.2) is 5.82 Å². The second-order valence-corrected chi connectivity index (χ2v) is 6.12. The third kappa shape index (κ3) is 4.51. The van der Waals surface area contributed by atoms with Crippen LogP contribution >= 0.6 is 0 Å². The van der Waals surface area contributed by atoms with E-state index in [4.69, 9.17) is 9.26 Å². The molecule has 0 saturated heterocycles. The summed E-state index contributed by atoms with van der Waals surface area (Å²) in [5, 5.41) is 8.19. The highest BCUT2D eigenvalue weighted by atomic mass is 16.5. The van der Waals surface area contributed by atoms with Gasteiger partial charge in [-0.2, -0.15) is 0 Å². The molecule has 0 aliphatic carbocycles. The number of amides is 2. The Labute approximate surface area is 156 Å². The highest BCUT2D eigenvalue weighted by molar-refractivity contribution is 6.08. The Morgan fingerprint density at radius 1 is 1.19 bits per heavy atom. The number of nitrogens with zero attached hydrogens (tertiary/aromatic N) is 2. The van der Waals surface area contributed by atoms with Crippen molar-refractivity contribution in [1.29, 1.82) is 0 Å². The molecule has 0 atom stereocenters. The average Bonchev–Trinajstić information content (AvgIpc) is 3.08. The molecule has 2 amide bonds. The molecule has 0 spiro atoms. The summed E-state index contributed by atoms with van der Waals surface area (Å²) >= 11 is 0. The summed E-state index contributed by atoms with van der Waals surface area (Å²) in [6.45, 7) is 2.24. The molecular weight excluding hydrogens is 346 g/mol. The Balaban J connectivity index is 1.80. The summed E-state index contributed by atoms with van der Waals surface area (Å²) in [4.78, 5) is 26.9. The fourth-order valence-electron chi connectivity index (χ4n) is 2.82. The summed E-state index contributed by atoms with van der Waals surface area (Å²) in [6.07, 6.45) is 0. The highest BCUT2D eigenvalue weighted by Gasteiger charge is 2.21. The normalized spacial score (nSPS) is 10.7. The molecule has 0 radical (unpaired) electrons. The van der Waals surface area contributed by atoms with Crippen LogP contribution < -0.4 is 5.32 Å². The molecule has 27 heavy (non-hydrogen) atoms. The molecule has 7 heteroatoms. The Kier molecular flexibility index (Phi) is 5.83. The highest BCUT2D eigenvalue weighted by Crippen LogP contribution is 2.20. The van der Waals surface area contributed by atoms with Gasteiger partial charge >= 0.3 is 0 Å². The number of carbonyl (C=O) groups excluding carboxylic acids is 2. The summed E-state index contributed by atoms with van der Waals surface area (Å²) in [6, 6.07) is 14.8. The minimum absolute atomic E-state index is 0.114. The number of aromatic nitrogens is 1. The predicted molar refractivity (Wildman–Crippen MR) is 102 cm³/mol. The van der Waals surface area contributed by atoms with Gasteiger partial charge in [-0.15, -0.1) is 0 Å². The number of anilines is 1. The zero-order valence-electron chi connectivity index (χ0n) is 15.3. The Morgan fingerprint density at radius 3 is 2.70 bits per heavy atom. The first kappa shape index (κ1) is 18.6. The molecule has 3 rings (SSSR count). The van der Waals surface area contributed by atoms with Crippen LogP contribution in [0, 0.1) is 6.92 Å². The van der Waals surface area contributed by atoms with E-state index in [9.17, 15) is 9.59 Å². The Morgan fingerprint density at radius 2 is 1.96 bits per heavy atom. The maximum Gasteiger partial charge on any atom is 0.255 e. The van der Waals surface area contributed by atoms with Crippen molar-refractivity contribution < 1.29 is 18.8 Å². The Hall–Kier alpha value is -3.19. The third-order valence-electron chi connectivity index (χ3n) is 4.10. The summed E-state index contributed by atoms with van der Waals surface area (Å²) in [5.74, 6) is 0.332. The number of rotatable bonds is 7. The van der Waals surface area contributed by atoms with Crippen LogP contribution in [0.1, 0.15) is 16.1 Å². The van der Waals surface area contributed by atoms with Crippen molar-refractivity contribution in [2.24, 2.45) is 0 Å². The number of hydrogen-bond donors (Lipinski definition) is 1. The molecule has 2 aromatic carbocycles. The number of methoxy groups -OCH3 is 1. The first-order valence-corrected chi connectivity index (χ1v) is 8.57. The summed E-state index contributed by atoms with van der Waals surface area (Å²) in [5.41, 5.74) is 0.550. The van der Waals surface area contributed by atoms with Crippen molar-refractivity contribution in [2.75, 3.05) is 32.1 Å². The molecule has 7 nitrogen and oxygen atoms in total. The second kappa shape index (κ2) is 8.46. The maximum atomic E-state index is 13.1. The minimum atomic E-state index is -0.354. The van der Waals surface area contributed by atoms with E-state index in [1.807, 2.05) is 36.4 Å². The molecule has 0 unspecified atom stereocenters. The van der Waals surface area contributed by atoms with Crippen molar-refractivity contribution in [3.8, 4) is 0 Å². The van der Waals surface area contributed by atoms with E-state index in [-0.39, 0.29) is 18.4 Å². The molecule has 0 fully saturated rings. The standard InChI is InChI=1S/C20H21N3O4/c1-14-12-18(22-27-14)21-19(24)13-23(10-11-26-2)20(25)17-9-5-7-15-6-3-4-8-16(15)17/h3-9,12H,10-11,13H2,1-2H3,(H,21,22,24). The average molecular weight is 367 g/mol. The van der Waals surface area contributed by atoms with Crippen molar-refractivity contribution in [3.05, 3.63) is 59.9 Å². The van der Waals surface area contributed by atoms with Gasteiger partial charge in [0.1, 0.15) is 12.3 Å². The summed E-state index contributed by atoms with van der Waals surface area (Å²) in [7, 11) is 1.55. The van der Waals surface area contributed by atoms with Gasteiger partial charge in [-0.05, 0) is 23.8 Å². The van der Waals surface area contributed by atoms with Gasteiger partial charge in [-0.25, -0.2) is 0 Å². The third-order valence-corrected chi connectivity index (χ3v) is 4.10. The second-order valence-electron chi connectivity index (χ2n) is 6.12. The van der Waals surface area contributed by atoms with Crippen LogP contribution in [0.2, 0.25) is 0 Å². The number of hydrogen-bond acceptors (Lipinski definition) is 5. The molecule has 1 N–H and O–H groups in total. The van der Waals surface area contributed by atoms with E-state index < -0.39 is 0 Å². The van der Waals surface area contributed by atoms with E-state index in [2.05, 4.69) is 10.5 Å². The zero-order valence-corrected chi connectivity index (χ0v) is 15.3. The number of nitrogens with one attached hydrogen (secondary N) is 1. The van der Waals surface area contributed by atoms with Crippen LogP contribution in [0.15, 0.2) is 53.1 Å². The van der Waals surface area contributed by atoms with Gasteiger partial charge in [-0.3, -0.25) is 9.59 Å². The molecule has 0 bridgehead atoms. The first-order valence-electron chi connectivity index (χ1n) is 8.57. The lowest BCUT2D eigenvalue weighted by atomic mass is 10.0. The van der Waals surface area contributed by atoms with E-state index >= 15 is 0 Å². The van der Waals surface area contributed by atoms with Crippen LogP contribution in [-0.4, -0.2) is 48.7 Å². The van der Waals surface area contributed by atoms with Crippen LogP contribution in [0.5, 0.6) is 0 Å². The van der Waals surface area contributed by atoms with Crippen molar-refractivity contribution in [2.45, 2.75) is 6.92 Å². The lowest BCUT2D eigenvalue weighted by Gasteiger charge is -2.22. The topological polar surface area (TPSA) is 84.7 Å². The predicted octanol–water partition coefficient (Wildman–Crippen LogP) is 2.86. The van der Waals surface area contributed by atoms with E-state index in [1.54, 1.807) is 26.2 Å². The van der Waals surface area contributed by atoms with Crippen molar-refractivity contribution in [1.82, 2.24) is 10.1 Å². The largest absolute Gasteiger partial charge is 0.383 e. The van der Waals surface area contributed by atoms with Crippen LogP contribution in [0.25, 0.3) is 10.8 Å². The van der Waals surface area contributed by atoms with Crippen LogP contribution in [0.4, 0.5) is 5.82 Å². The van der Waals surface area contributed by atoms with Gasteiger partial charge < -0.3 is 19.5 Å². The number of ether oxygens (including phenoxy) is 1. The van der Waals surface area contributed by atoms with Crippen molar-refractivity contribution in [3.63, 3.8) is 0 Å². The van der Waals surface area contributed by atoms with Crippen molar-refractivity contribution >= 4 is 28.4 Å². The smallest absolute Gasteiger partial charge is 0.255 e. The van der Waals surface area contributed by atoms with E-state index in [0.717, 1.165) is 10.8 Å². The minimum Gasteiger partial charge on any atom is -0.383 e. The SMILES string of the molecule is COCCN(CC(=O)Nc1cc(C)on1)C(=O)c1cccc2ccccc12. The first-order chi connectivity index (χ1) is 13.1. The van der Waals surface area contributed by atoms with E-state index in [0.29, 0.717) is 30.3 Å². The van der Waals surface area contributed by atoms with Gasteiger partial charge in [-0.1, -0.05) is 41.6 Å². The lowest BCUT2D eigenvalue weighted by Crippen LogP contribution is -2.40. The fraction of sp³-hybridized carbons (Fsp3) is 0.250. The number of aryl methyl sites for hydroxylation is 1. The van der Waals surface area contributed by atoms with Gasteiger partial charge in [0.2, 0.25) is 5.91 Å². The molecule has 140 valence electrons. The van der Waals surface area contributed by atoms with Gasteiger partial charge in [0.05, 0.1) is 6.61 Å². The zero-order chi connectivity index (χ0) is 19.2. The van der Waals surface area contributed by atoms with Crippen LogP contribution in [0.3, 0.4) is 0 Å². The number of fused-ring (bicyclic) bond motifs is 1. The fourth-order valence-corrected chi connectivity index (χ4v) is 2.82. The maximum absolute atomic E-state index is 13.1. The molecule has 3 aromatic rings. The molecular formula is C20H21N3O4.